The maximum Gasteiger partial charge on any atom is 0.220 e. The third-order valence-corrected chi connectivity index (χ3v) is 5.00. The first kappa shape index (κ1) is 18.1. The molecule has 1 rings (SSSR count). The Morgan fingerprint density at radius 3 is 2.48 bits per heavy atom. The van der Waals surface area contributed by atoms with Crippen molar-refractivity contribution >= 4 is 17.7 Å². The van der Waals surface area contributed by atoms with E-state index in [1.165, 1.54) is 16.0 Å². The van der Waals surface area contributed by atoms with Gasteiger partial charge in [0, 0.05) is 23.6 Å². The predicted molar refractivity (Wildman–Crippen MR) is 89.8 cm³/mol. The van der Waals surface area contributed by atoms with E-state index in [4.69, 9.17) is 0 Å². The Morgan fingerprint density at radius 2 is 1.90 bits per heavy atom. The van der Waals surface area contributed by atoms with Crippen LogP contribution in [0.1, 0.15) is 44.2 Å². The maximum atomic E-state index is 11.8. The number of thioether (sulfide) groups is 1. The zero-order valence-corrected chi connectivity index (χ0v) is 14.3. The second-order valence-electron chi connectivity index (χ2n) is 5.55. The molecule has 0 fully saturated rings. The summed E-state index contributed by atoms with van der Waals surface area (Å²) < 4.78 is 0. The molecule has 0 aliphatic carbocycles. The topological polar surface area (TPSA) is 49.3 Å². The Bertz CT molecular complexity index is 470. The quantitative estimate of drug-likeness (QED) is 0.723. The molecule has 0 radical (unpaired) electrons. The van der Waals surface area contributed by atoms with Crippen LogP contribution in [0.25, 0.3) is 0 Å². The molecule has 0 bridgehead atoms. The molecule has 0 heterocycles. The predicted octanol–water partition coefficient (Wildman–Crippen LogP) is 3.45. The molecule has 4 heteroatoms. The van der Waals surface area contributed by atoms with E-state index in [9.17, 15) is 9.90 Å². The molecule has 1 amide bonds. The summed E-state index contributed by atoms with van der Waals surface area (Å²) in [5.41, 5.74) is 1.80. The minimum absolute atomic E-state index is 0.00617. The van der Waals surface area contributed by atoms with Crippen molar-refractivity contribution < 1.29 is 9.90 Å². The lowest BCUT2D eigenvalue weighted by molar-refractivity contribution is -0.122. The highest BCUT2D eigenvalue weighted by Gasteiger charge is 2.22. The van der Waals surface area contributed by atoms with Gasteiger partial charge in [-0.1, -0.05) is 19.9 Å². The van der Waals surface area contributed by atoms with Crippen molar-refractivity contribution in [1.29, 1.82) is 0 Å². The molecular formula is C17H27NO2S. The first-order valence-electron chi connectivity index (χ1n) is 7.59. The van der Waals surface area contributed by atoms with Gasteiger partial charge in [0.1, 0.15) is 0 Å². The summed E-state index contributed by atoms with van der Waals surface area (Å²) in [7, 11) is 0. The van der Waals surface area contributed by atoms with E-state index in [0.29, 0.717) is 25.8 Å². The van der Waals surface area contributed by atoms with E-state index in [1.54, 1.807) is 11.8 Å². The molecule has 0 unspecified atom stereocenters. The number of rotatable bonds is 8. The number of carbonyl (C=O) groups is 1. The van der Waals surface area contributed by atoms with Crippen LogP contribution >= 0.6 is 11.8 Å². The van der Waals surface area contributed by atoms with Crippen molar-refractivity contribution in [3.05, 3.63) is 29.3 Å². The van der Waals surface area contributed by atoms with E-state index in [0.717, 1.165) is 5.75 Å². The van der Waals surface area contributed by atoms with Gasteiger partial charge >= 0.3 is 0 Å². The Hall–Kier alpha value is -1.00. The van der Waals surface area contributed by atoms with Crippen LogP contribution in [-0.4, -0.2) is 28.9 Å². The molecule has 118 valence electrons. The summed E-state index contributed by atoms with van der Waals surface area (Å²) in [5.74, 6) is 0.761. The molecule has 0 spiro atoms. The molecule has 0 atom stereocenters. The summed E-state index contributed by atoms with van der Waals surface area (Å²) in [4.78, 5) is 13.0. The number of carbonyl (C=O) groups excluding carboxylic acids is 1. The molecule has 2 N–H and O–H groups in total. The van der Waals surface area contributed by atoms with Crippen molar-refractivity contribution in [2.24, 2.45) is 0 Å². The molecule has 0 saturated carbocycles. The van der Waals surface area contributed by atoms with E-state index >= 15 is 0 Å². The van der Waals surface area contributed by atoms with Crippen LogP contribution in [0.4, 0.5) is 0 Å². The molecule has 3 nitrogen and oxygen atoms in total. The Kier molecular flexibility index (Phi) is 7.26. The van der Waals surface area contributed by atoms with Crippen molar-refractivity contribution in [3.8, 4) is 0 Å². The van der Waals surface area contributed by atoms with E-state index in [-0.39, 0.29) is 5.91 Å². The van der Waals surface area contributed by atoms with Crippen LogP contribution in [0, 0.1) is 13.8 Å². The molecule has 21 heavy (non-hydrogen) atoms. The largest absolute Gasteiger partial charge is 0.388 e. The molecule has 1 aromatic rings. The van der Waals surface area contributed by atoms with Gasteiger partial charge < -0.3 is 10.4 Å². The molecular weight excluding hydrogens is 282 g/mol. The molecule has 0 aliphatic rings. The molecule has 0 aromatic heterocycles. The number of nitrogens with one attached hydrogen (secondary N) is 1. The van der Waals surface area contributed by atoms with Crippen molar-refractivity contribution in [1.82, 2.24) is 5.32 Å². The first-order valence-corrected chi connectivity index (χ1v) is 8.58. The number of amides is 1. The highest BCUT2D eigenvalue weighted by atomic mass is 32.2. The third kappa shape index (κ3) is 6.10. The second-order valence-corrected chi connectivity index (χ2v) is 6.72. The van der Waals surface area contributed by atoms with Gasteiger partial charge in [0.15, 0.2) is 0 Å². The van der Waals surface area contributed by atoms with Gasteiger partial charge in [0.25, 0.3) is 0 Å². The average molecular weight is 309 g/mol. The Labute approximate surface area is 132 Å². The normalized spacial score (nSPS) is 11.5. The molecule has 1 aromatic carbocycles. The summed E-state index contributed by atoms with van der Waals surface area (Å²) in [6.45, 7) is 8.41. The summed E-state index contributed by atoms with van der Waals surface area (Å²) in [6.07, 6.45) is 1.78. The van der Waals surface area contributed by atoms with Crippen LogP contribution in [-0.2, 0) is 4.79 Å². The van der Waals surface area contributed by atoms with Gasteiger partial charge in [0.05, 0.1) is 5.60 Å². The fraction of sp³-hybridized carbons (Fsp3) is 0.588. The SMILES string of the molecule is CCC(O)(CC)CNC(=O)CCSc1ccc(C)c(C)c1. The standard InChI is InChI=1S/C17H27NO2S/c1-5-17(20,6-2)12-18-16(19)9-10-21-15-8-7-13(3)14(4)11-15/h7-8,11,20H,5-6,9-10,12H2,1-4H3,(H,18,19). The van der Waals surface area contributed by atoms with Gasteiger partial charge in [-0.25, -0.2) is 0 Å². The number of hydrogen-bond donors (Lipinski definition) is 2. The highest BCUT2D eigenvalue weighted by molar-refractivity contribution is 7.99. The van der Waals surface area contributed by atoms with Crippen molar-refractivity contribution in [3.63, 3.8) is 0 Å². The zero-order chi connectivity index (χ0) is 15.9. The van der Waals surface area contributed by atoms with Crippen LogP contribution in [0.3, 0.4) is 0 Å². The van der Waals surface area contributed by atoms with Gasteiger partial charge in [-0.05, 0) is 49.9 Å². The second kappa shape index (κ2) is 8.44. The summed E-state index contributed by atoms with van der Waals surface area (Å²) in [6, 6.07) is 6.36. The van der Waals surface area contributed by atoms with E-state index < -0.39 is 5.60 Å². The number of aryl methyl sites for hydroxylation is 2. The maximum absolute atomic E-state index is 11.8. The zero-order valence-electron chi connectivity index (χ0n) is 13.5. The van der Waals surface area contributed by atoms with E-state index in [1.807, 2.05) is 13.8 Å². The summed E-state index contributed by atoms with van der Waals surface area (Å²) >= 11 is 1.69. The fourth-order valence-electron chi connectivity index (χ4n) is 1.92. The Morgan fingerprint density at radius 1 is 1.24 bits per heavy atom. The highest BCUT2D eigenvalue weighted by Crippen LogP contribution is 2.21. The average Bonchev–Trinajstić information content (AvgIpc) is 2.48. The number of aliphatic hydroxyl groups is 1. The Balaban J connectivity index is 2.32. The fourth-order valence-corrected chi connectivity index (χ4v) is 2.86. The molecule has 0 aliphatic heterocycles. The number of hydrogen-bond acceptors (Lipinski definition) is 3. The van der Waals surface area contributed by atoms with Crippen LogP contribution < -0.4 is 5.32 Å². The van der Waals surface area contributed by atoms with E-state index in [2.05, 4.69) is 37.4 Å². The van der Waals surface area contributed by atoms with Crippen LogP contribution in [0.2, 0.25) is 0 Å². The van der Waals surface area contributed by atoms with Gasteiger partial charge in [-0.2, -0.15) is 0 Å². The smallest absolute Gasteiger partial charge is 0.220 e. The lowest BCUT2D eigenvalue weighted by Gasteiger charge is -2.25. The minimum atomic E-state index is -0.767. The monoisotopic (exact) mass is 309 g/mol. The third-order valence-electron chi connectivity index (χ3n) is 4.01. The summed E-state index contributed by atoms with van der Waals surface area (Å²) in [5, 5.41) is 12.9. The van der Waals surface area contributed by atoms with Gasteiger partial charge in [0.2, 0.25) is 5.91 Å². The lowest BCUT2D eigenvalue weighted by atomic mass is 9.97. The lowest BCUT2D eigenvalue weighted by Crippen LogP contribution is -2.42. The van der Waals surface area contributed by atoms with Gasteiger partial charge in [-0.3, -0.25) is 4.79 Å². The minimum Gasteiger partial charge on any atom is -0.388 e. The first-order chi connectivity index (χ1) is 9.90. The van der Waals surface area contributed by atoms with Crippen LogP contribution in [0.15, 0.2) is 23.1 Å². The van der Waals surface area contributed by atoms with Crippen molar-refractivity contribution in [2.45, 2.75) is 57.5 Å². The van der Waals surface area contributed by atoms with Gasteiger partial charge in [-0.15, -0.1) is 11.8 Å². The number of benzene rings is 1. The van der Waals surface area contributed by atoms with Crippen molar-refractivity contribution in [2.75, 3.05) is 12.3 Å². The molecule has 0 saturated heterocycles. The van der Waals surface area contributed by atoms with Crippen LogP contribution in [0.5, 0.6) is 0 Å².